The second-order valence-corrected chi connectivity index (χ2v) is 38.9. The minimum absolute atomic E-state index is 0. The zero-order chi connectivity index (χ0) is 99.6. The van der Waals surface area contributed by atoms with Crippen LogP contribution in [0.15, 0.2) is 146 Å². The lowest BCUT2D eigenvalue weighted by atomic mass is 10.0. The third-order valence-corrected chi connectivity index (χ3v) is 29.6. The van der Waals surface area contributed by atoms with E-state index in [4.69, 9.17) is 80.9 Å². The molecule has 0 unspecified atom stereocenters. The quantitative estimate of drug-likeness (QED) is 0.0281. The van der Waals surface area contributed by atoms with E-state index in [0.29, 0.717) is 187 Å². The predicted molar refractivity (Wildman–Crippen MR) is 576 cm³/mol. The van der Waals surface area contributed by atoms with Crippen LogP contribution in [-0.4, -0.2) is 143 Å². The third-order valence-electron chi connectivity index (χ3n) is 21.5. The van der Waals surface area contributed by atoms with E-state index in [1.807, 2.05) is 62.4 Å². The number of aryl methyl sites for hydroxylation is 2. The molecular weight excluding hydrogens is 2000 g/mol. The summed E-state index contributed by atoms with van der Waals surface area (Å²) >= 11 is 38.3. The first-order valence-electron chi connectivity index (χ1n) is 43.0. The van der Waals surface area contributed by atoms with Gasteiger partial charge in [-0.3, -0.25) is 28.8 Å². The van der Waals surface area contributed by atoms with E-state index in [9.17, 15) is 37.5 Å². The SMILES string of the molecule is C.CCC(=O)c1cc2c(-c3ccc(C)c(C)c3)nc(NC)nc2s1.CCC(=O)c1cc2c(-c3ccc(Cl)cc3Cl)nc(NC)nc2s1.CCC(=O)c1sc2nc(N)nc(-c3ccc(Cl)c(Cl)c3)c2c1N.CCC(=O)c1sc2nc(NC)nc(-c3ccc(F)cc3)c2c1N.CNC(=O)c1cc2c(-c3cccc(Cl)c3)nc(NC)nc2s1.CNC(=O)c1sc2nc(NC3CC3)nc(-c3ccc(F)cc3)c2c1N. The summed E-state index contributed by atoms with van der Waals surface area (Å²) in [5.41, 5.74) is 36.8. The van der Waals surface area contributed by atoms with Crippen molar-refractivity contribution >= 4 is 275 Å². The highest BCUT2D eigenvalue weighted by atomic mass is 35.5. The molecule has 0 aliphatic heterocycles. The summed E-state index contributed by atoms with van der Waals surface area (Å²) in [4.78, 5) is 133. The molecule has 6 aromatic carbocycles. The van der Waals surface area contributed by atoms with Gasteiger partial charge in [0.25, 0.3) is 11.8 Å². The number of carbonyl (C=O) groups is 6. The number of aromatic nitrogens is 12. The van der Waals surface area contributed by atoms with Gasteiger partial charge in [-0.25, -0.2) is 68.6 Å². The van der Waals surface area contributed by atoms with Crippen LogP contribution >= 0.6 is 126 Å². The summed E-state index contributed by atoms with van der Waals surface area (Å²) < 4.78 is 26.5. The number of hydrogen-bond donors (Lipinski definition) is 11. The fraction of sp³-hybridized carbons (Fsp3) is 0.204. The number of carbonyl (C=O) groups excluding carboxylic acids is 6. The molecular formula is C98H92Cl5F2N23O6S6. The van der Waals surface area contributed by atoms with Crippen LogP contribution in [0.4, 0.5) is 61.5 Å². The molecule has 0 bridgehead atoms. The van der Waals surface area contributed by atoms with Gasteiger partial charge in [-0.1, -0.05) is 123 Å². The van der Waals surface area contributed by atoms with Gasteiger partial charge >= 0.3 is 0 Å². The molecule has 1 saturated carbocycles. The summed E-state index contributed by atoms with van der Waals surface area (Å²) in [6.45, 7) is 11.5. The molecule has 140 heavy (non-hydrogen) atoms. The van der Waals surface area contributed by atoms with Gasteiger partial charge in [0.05, 0.1) is 107 Å². The van der Waals surface area contributed by atoms with Gasteiger partial charge in [-0.2, -0.15) is 0 Å². The van der Waals surface area contributed by atoms with E-state index in [1.165, 1.54) is 103 Å². The number of rotatable bonds is 22. The highest BCUT2D eigenvalue weighted by Gasteiger charge is 2.29. The van der Waals surface area contributed by atoms with Crippen LogP contribution in [0.1, 0.15) is 143 Å². The zero-order valence-corrected chi connectivity index (χ0v) is 85.1. The van der Waals surface area contributed by atoms with Gasteiger partial charge < -0.3 is 60.2 Å². The average molecular weight is 2100 g/mol. The van der Waals surface area contributed by atoms with Crippen molar-refractivity contribution in [3.05, 3.63) is 223 Å². The van der Waals surface area contributed by atoms with Gasteiger partial charge in [0.2, 0.25) is 35.7 Å². The molecule has 12 aromatic heterocycles. The first-order valence-corrected chi connectivity index (χ1v) is 49.8. The Morgan fingerprint density at radius 3 is 1.21 bits per heavy atom. The maximum Gasteiger partial charge on any atom is 0.263 e. The number of Topliss-reactive ketones (excluding diaryl/α,β-unsaturated/α-hetero) is 4. The smallest absolute Gasteiger partial charge is 0.263 e. The van der Waals surface area contributed by atoms with Crippen LogP contribution in [0, 0.1) is 25.5 Å². The maximum atomic E-state index is 13.3. The normalized spacial score (nSPS) is 11.4. The van der Waals surface area contributed by atoms with Crippen LogP contribution in [0.5, 0.6) is 0 Å². The maximum absolute atomic E-state index is 13.3. The molecule has 0 atom stereocenters. The number of fused-ring (bicyclic) bond motifs is 6. The number of ketones is 4. The average Bonchev–Trinajstić information content (AvgIpc) is 1.49. The Bertz CT molecular complexity index is 7800. The van der Waals surface area contributed by atoms with Gasteiger partial charge in [0.1, 0.15) is 45.5 Å². The fourth-order valence-corrected chi connectivity index (χ4v) is 21.3. The Morgan fingerprint density at radius 2 is 0.750 bits per heavy atom. The number of nitrogens with one attached hydrogen (secondary N) is 7. The molecule has 0 spiro atoms. The summed E-state index contributed by atoms with van der Waals surface area (Å²) in [6, 6.07) is 42.2. The molecule has 15 N–H and O–H groups in total. The zero-order valence-electron chi connectivity index (χ0n) is 76.4. The van der Waals surface area contributed by atoms with Crippen molar-refractivity contribution in [1.29, 1.82) is 0 Å². The number of anilines is 9. The van der Waals surface area contributed by atoms with E-state index in [0.717, 1.165) is 87.6 Å². The first-order chi connectivity index (χ1) is 66.7. The Morgan fingerprint density at radius 1 is 0.357 bits per heavy atom. The van der Waals surface area contributed by atoms with Crippen LogP contribution in [0.3, 0.4) is 0 Å². The largest absolute Gasteiger partial charge is 0.397 e. The number of nitrogen functional groups attached to an aromatic ring is 4. The molecule has 12 heterocycles. The standard InChI is InChI=1S/C18H19N3OS.C17H16FN5OS.C16H13Cl2N3OS.C16H15FN4OS.C15H12Cl2N4OS.C15H13ClN4OS.CH4/c1-5-14(22)15-9-13-16(12-7-6-10(2)11(3)8-12)20-18(19-4)21-17(13)23-15;1-20-15(24)14-12(19)11-13(8-2-4-9(18)5-3-8)22-17(21-10-6-7-10)23-16(11)25-14;1-3-12(22)13-7-10-14(9-5-4-8(17)6-11(9)18)20-16(19-2)21-15(10)23-13;1-3-10(22)14-12(18)11-13(8-4-6-9(17)7-5-8)20-16(19-2)21-15(11)23-14;1-2-9(22)13-11(18)10-12(20-15(19)21-14(10)23-13)6-3-4-7(16)8(17)5-6;1-17-13(21)11-7-10-12(8-4-3-5-9(16)6-8)19-15(18-2)20-14(10)22-11;/h6-9H,5H2,1-4H3,(H,19,20,21);2-5,10H,6-7,19H2,1H3,(H,20,24)(H,21,22,23);4-7H,3H2,1-2H3,(H,19,20,21);4-7H,3,18H2,1-2H3,(H,19,20,21);3-5H,2,18H2,1H3,(H2,19,20,21);3-7H,1-2H3,(H,17,21)(H,18,19,20);1H4. The highest BCUT2D eigenvalue weighted by Crippen LogP contribution is 2.46. The van der Waals surface area contributed by atoms with E-state index in [1.54, 1.807) is 111 Å². The Kier molecular flexibility index (Phi) is 34.0. The summed E-state index contributed by atoms with van der Waals surface area (Å²) in [5.74, 6) is 1.72. The van der Waals surface area contributed by atoms with Gasteiger partial charge in [0.15, 0.2) is 23.1 Å². The van der Waals surface area contributed by atoms with Crippen LogP contribution in [0.2, 0.25) is 25.1 Å². The lowest BCUT2D eigenvalue weighted by Gasteiger charge is -2.08. The number of halogens is 7. The monoisotopic (exact) mass is 2090 g/mol. The van der Waals surface area contributed by atoms with Crippen molar-refractivity contribution < 1.29 is 37.5 Å². The van der Waals surface area contributed by atoms with Gasteiger partial charge in [0, 0.05) is 134 Å². The van der Waals surface area contributed by atoms with Crippen molar-refractivity contribution in [1.82, 2.24) is 70.4 Å². The second kappa shape index (κ2) is 45.7. The highest BCUT2D eigenvalue weighted by molar-refractivity contribution is 7.23. The molecule has 1 aliphatic carbocycles. The van der Waals surface area contributed by atoms with Crippen LogP contribution in [-0.2, 0) is 0 Å². The van der Waals surface area contributed by atoms with Crippen LogP contribution in [0.25, 0.3) is 129 Å². The van der Waals surface area contributed by atoms with Crippen LogP contribution < -0.4 is 60.2 Å². The van der Waals surface area contributed by atoms with Gasteiger partial charge in [-0.05, 0) is 153 Å². The summed E-state index contributed by atoms with van der Waals surface area (Å²) in [7, 11) is 10.2. The summed E-state index contributed by atoms with van der Waals surface area (Å²) in [5, 5.41) is 27.3. The molecule has 42 heteroatoms. The van der Waals surface area contributed by atoms with Crippen molar-refractivity contribution in [2.24, 2.45) is 0 Å². The van der Waals surface area contributed by atoms with E-state index >= 15 is 0 Å². The minimum Gasteiger partial charge on any atom is -0.397 e. The van der Waals surface area contributed by atoms with E-state index in [2.05, 4.69) is 129 Å². The van der Waals surface area contributed by atoms with Crippen molar-refractivity contribution in [2.75, 3.05) is 91.8 Å². The fourth-order valence-electron chi connectivity index (χ4n) is 14.0. The number of amides is 2. The number of nitrogens with two attached hydrogens (primary N) is 4. The Labute approximate surface area is 851 Å². The molecule has 1 fully saturated rings. The Hall–Kier alpha value is -13.3. The molecule has 720 valence electrons. The molecule has 18 aromatic rings. The first kappa shape index (κ1) is 104. The molecule has 29 nitrogen and oxygen atoms in total. The van der Waals surface area contributed by atoms with Crippen molar-refractivity contribution in [3.63, 3.8) is 0 Å². The minimum atomic E-state index is -0.326. The topological polar surface area (TPSA) is 445 Å². The molecule has 0 saturated heterocycles. The van der Waals surface area contributed by atoms with Gasteiger partial charge in [-0.15, -0.1) is 68.0 Å². The van der Waals surface area contributed by atoms with Crippen molar-refractivity contribution in [3.8, 4) is 67.5 Å². The number of nitrogens with zero attached hydrogens (tertiary/aromatic N) is 12. The molecule has 1 aliphatic rings. The number of thiophene rings is 6. The lowest BCUT2D eigenvalue weighted by molar-refractivity contribution is 0.0959. The molecule has 2 amide bonds. The summed E-state index contributed by atoms with van der Waals surface area (Å²) in [6.07, 6.45) is 3.86. The Balaban J connectivity index is 0.000000141. The third kappa shape index (κ3) is 23.2. The number of benzene rings is 6. The predicted octanol–water partition coefficient (Wildman–Crippen LogP) is 25.1. The van der Waals surface area contributed by atoms with E-state index in [-0.39, 0.29) is 60.0 Å². The molecule has 19 rings (SSSR count). The number of hydrogen-bond acceptors (Lipinski definition) is 33. The second-order valence-electron chi connectivity index (χ2n) is 30.7. The van der Waals surface area contributed by atoms with E-state index < -0.39 is 0 Å². The molecule has 0 radical (unpaired) electrons. The lowest BCUT2D eigenvalue weighted by Crippen LogP contribution is -2.17. The van der Waals surface area contributed by atoms with Crippen molar-refractivity contribution in [2.45, 2.75) is 93.5 Å².